The fourth-order valence-electron chi connectivity index (χ4n) is 1.74. The summed E-state index contributed by atoms with van der Waals surface area (Å²) in [6, 6.07) is 9.99. The fraction of sp³-hybridized carbons (Fsp3) is 0. The van der Waals surface area contributed by atoms with Crippen LogP contribution in [-0.2, 0) is 0 Å². The minimum atomic E-state index is -0.308. The van der Waals surface area contributed by atoms with Gasteiger partial charge in [0.2, 0.25) is 0 Å². The summed E-state index contributed by atoms with van der Waals surface area (Å²) < 4.78 is 18.5. The largest absolute Gasteiger partial charge is 0.454 e. The van der Waals surface area contributed by atoms with Crippen LogP contribution in [0.15, 0.2) is 40.8 Å². The first-order valence-electron chi connectivity index (χ1n) is 4.52. The van der Waals surface area contributed by atoms with Gasteiger partial charge >= 0.3 is 0 Å². The van der Waals surface area contributed by atoms with Gasteiger partial charge in [0.25, 0.3) is 0 Å². The van der Waals surface area contributed by atoms with Gasteiger partial charge in [-0.3, -0.25) is 0 Å². The zero-order valence-electron chi connectivity index (χ0n) is 7.63. The lowest BCUT2D eigenvalue weighted by Crippen LogP contribution is -1.70. The number of halogens is 2. The molecule has 0 aliphatic heterocycles. The van der Waals surface area contributed by atoms with E-state index < -0.39 is 0 Å². The lowest BCUT2D eigenvalue weighted by atomic mass is 10.1. The number of furan rings is 1. The van der Waals surface area contributed by atoms with Gasteiger partial charge in [0.1, 0.15) is 11.4 Å². The molecule has 0 radical (unpaired) electrons. The molecule has 0 spiro atoms. The molecule has 0 N–H and O–H groups in total. The molecular weight excluding hydrogens is 215 g/mol. The van der Waals surface area contributed by atoms with Crippen LogP contribution in [0.3, 0.4) is 0 Å². The molecule has 1 heterocycles. The van der Waals surface area contributed by atoms with Crippen LogP contribution < -0.4 is 0 Å². The topological polar surface area (TPSA) is 13.1 Å². The second kappa shape index (κ2) is 2.97. The molecule has 0 amide bonds. The van der Waals surface area contributed by atoms with Crippen LogP contribution in [0.2, 0.25) is 5.02 Å². The highest BCUT2D eigenvalue weighted by molar-refractivity contribution is 6.35. The Hall–Kier alpha value is -1.54. The molecule has 1 aromatic heterocycles. The van der Waals surface area contributed by atoms with Gasteiger partial charge in [-0.15, -0.1) is 0 Å². The summed E-state index contributed by atoms with van der Waals surface area (Å²) in [6.45, 7) is 0. The third-order valence-corrected chi connectivity index (χ3v) is 2.71. The summed E-state index contributed by atoms with van der Waals surface area (Å²) in [5, 5.41) is 2.34. The van der Waals surface area contributed by atoms with Crippen molar-refractivity contribution in [3.8, 4) is 0 Å². The molecule has 3 rings (SSSR count). The van der Waals surface area contributed by atoms with Crippen LogP contribution in [0.1, 0.15) is 0 Å². The Morgan fingerprint density at radius 1 is 1.07 bits per heavy atom. The Bertz CT molecular complexity index is 657. The quantitative estimate of drug-likeness (QED) is 0.548. The predicted octanol–water partition coefficient (Wildman–Crippen LogP) is 4.38. The van der Waals surface area contributed by atoms with Crippen molar-refractivity contribution in [1.82, 2.24) is 0 Å². The van der Waals surface area contributed by atoms with Gasteiger partial charge in [0, 0.05) is 16.8 Å². The van der Waals surface area contributed by atoms with E-state index in [2.05, 4.69) is 0 Å². The molecule has 0 saturated heterocycles. The van der Waals surface area contributed by atoms with Crippen LogP contribution in [0, 0.1) is 5.82 Å². The molecule has 0 saturated carbocycles. The maximum atomic E-state index is 13.0. The van der Waals surface area contributed by atoms with E-state index in [4.69, 9.17) is 16.0 Å². The van der Waals surface area contributed by atoms with Crippen molar-refractivity contribution in [2.75, 3.05) is 0 Å². The molecular formula is C12H6ClFO. The Kier molecular flexibility index (Phi) is 1.73. The summed E-state index contributed by atoms with van der Waals surface area (Å²) in [4.78, 5) is 0. The van der Waals surface area contributed by atoms with Gasteiger partial charge in [-0.05, 0) is 18.2 Å². The maximum absolute atomic E-state index is 13.0. The second-order valence-corrected chi connectivity index (χ2v) is 3.77. The van der Waals surface area contributed by atoms with Crippen molar-refractivity contribution < 1.29 is 8.81 Å². The van der Waals surface area contributed by atoms with Gasteiger partial charge in [-0.25, -0.2) is 4.39 Å². The highest BCUT2D eigenvalue weighted by Gasteiger charge is 2.09. The van der Waals surface area contributed by atoms with Gasteiger partial charge < -0.3 is 4.42 Å². The Balaban J connectivity index is 2.57. The van der Waals surface area contributed by atoms with Crippen molar-refractivity contribution in [2.45, 2.75) is 0 Å². The third-order valence-electron chi connectivity index (χ3n) is 2.41. The molecule has 0 bridgehead atoms. The predicted molar refractivity (Wildman–Crippen MR) is 58.7 cm³/mol. The summed E-state index contributed by atoms with van der Waals surface area (Å²) in [6.07, 6.45) is 0. The smallest absolute Gasteiger partial charge is 0.153 e. The van der Waals surface area contributed by atoms with E-state index in [1.165, 1.54) is 12.1 Å². The van der Waals surface area contributed by atoms with Crippen LogP contribution >= 0.6 is 11.6 Å². The lowest BCUT2D eigenvalue weighted by molar-refractivity contribution is 0.618. The average Bonchev–Trinajstić information content (AvgIpc) is 2.57. The molecule has 0 aliphatic carbocycles. The van der Waals surface area contributed by atoms with E-state index in [-0.39, 0.29) is 5.82 Å². The van der Waals surface area contributed by atoms with Crippen LogP contribution in [0.4, 0.5) is 4.39 Å². The first-order chi connectivity index (χ1) is 7.25. The van der Waals surface area contributed by atoms with E-state index in [0.29, 0.717) is 16.2 Å². The summed E-state index contributed by atoms with van der Waals surface area (Å²) in [5.41, 5.74) is 1.14. The highest BCUT2D eigenvalue weighted by Crippen LogP contribution is 2.33. The van der Waals surface area contributed by atoms with Crippen LogP contribution in [0.5, 0.6) is 0 Å². The maximum Gasteiger partial charge on any atom is 0.153 e. The van der Waals surface area contributed by atoms with Crippen LogP contribution in [0.25, 0.3) is 21.9 Å². The molecule has 3 heteroatoms. The minimum Gasteiger partial charge on any atom is -0.454 e. The SMILES string of the molecule is Fc1ccc2c(c1)oc1c(Cl)cccc12. The molecule has 0 unspecified atom stereocenters. The standard InChI is InChI=1S/C12H6ClFO/c13-10-3-1-2-9-8-5-4-7(14)6-11(8)15-12(9)10/h1-6H. The second-order valence-electron chi connectivity index (χ2n) is 3.36. The molecule has 1 nitrogen and oxygen atoms in total. The molecule has 74 valence electrons. The highest BCUT2D eigenvalue weighted by atomic mass is 35.5. The first kappa shape index (κ1) is 8.74. The van der Waals surface area contributed by atoms with E-state index in [1.54, 1.807) is 12.1 Å². The van der Waals surface area contributed by atoms with Gasteiger partial charge in [0.05, 0.1) is 5.02 Å². The van der Waals surface area contributed by atoms with Gasteiger partial charge in [-0.1, -0.05) is 23.7 Å². The molecule has 0 atom stereocenters. The number of benzene rings is 2. The van der Waals surface area contributed by atoms with E-state index in [0.717, 1.165) is 10.8 Å². The van der Waals surface area contributed by atoms with Crippen molar-refractivity contribution in [2.24, 2.45) is 0 Å². The third kappa shape index (κ3) is 1.22. The normalized spacial score (nSPS) is 11.3. The lowest BCUT2D eigenvalue weighted by Gasteiger charge is -1.89. The number of fused-ring (bicyclic) bond motifs is 3. The molecule has 0 aliphatic rings. The first-order valence-corrected chi connectivity index (χ1v) is 4.90. The summed E-state index contributed by atoms with van der Waals surface area (Å²) >= 11 is 5.98. The Morgan fingerprint density at radius 2 is 1.93 bits per heavy atom. The Morgan fingerprint density at radius 3 is 2.80 bits per heavy atom. The fourth-order valence-corrected chi connectivity index (χ4v) is 1.95. The zero-order valence-corrected chi connectivity index (χ0v) is 8.38. The molecule has 15 heavy (non-hydrogen) atoms. The zero-order chi connectivity index (χ0) is 10.4. The van der Waals surface area contributed by atoms with Crippen molar-refractivity contribution in [3.63, 3.8) is 0 Å². The number of para-hydroxylation sites is 1. The Labute approximate surface area is 90.1 Å². The van der Waals surface area contributed by atoms with E-state index in [1.807, 2.05) is 12.1 Å². The van der Waals surface area contributed by atoms with Crippen molar-refractivity contribution in [3.05, 3.63) is 47.2 Å². The van der Waals surface area contributed by atoms with E-state index >= 15 is 0 Å². The summed E-state index contributed by atoms with van der Waals surface area (Å²) in [5.74, 6) is -0.308. The van der Waals surface area contributed by atoms with Crippen molar-refractivity contribution in [1.29, 1.82) is 0 Å². The number of rotatable bonds is 0. The van der Waals surface area contributed by atoms with Crippen LogP contribution in [-0.4, -0.2) is 0 Å². The van der Waals surface area contributed by atoms with Gasteiger partial charge in [0.15, 0.2) is 5.58 Å². The molecule has 3 aromatic rings. The van der Waals surface area contributed by atoms with E-state index in [9.17, 15) is 4.39 Å². The number of hydrogen-bond acceptors (Lipinski definition) is 1. The van der Waals surface area contributed by atoms with Crippen molar-refractivity contribution >= 4 is 33.5 Å². The monoisotopic (exact) mass is 220 g/mol. The average molecular weight is 221 g/mol. The van der Waals surface area contributed by atoms with Gasteiger partial charge in [-0.2, -0.15) is 0 Å². The molecule has 0 fully saturated rings. The number of hydrogen-bond donors (Lipinski definition) is 0. The molecule has 2 aromatic carbocycles. The minimum absolute atomic E-state index is 0.308. The summed E-state index contributed by atoms with van der Waals surface area (Å²) in [7, 11) is 0.